The zero-order valence-electron chi connectivity index (χ0n) is 12.9. The highest BCUT2D eigenvalue weighted by molar-refractivity contribution is 7.15. The van der Waals surface area contributed by atoms with E-state index in [1.165, 1.54) is 29.5 Å². The summed E-state index contributed by atoms with van der Waals surface area (Å²) in [6, 6.07) is 5.70. The van der Waals surface area contributed by atoms with Gasteiger partial charge in [-0.05, 0) is 18.6 Å². The lowest BCUT2D eigenvalue weighted by molar-refractivity contribution is -0.120. The molecule has 1 aromatic carbocycles. The predicted molar refractivity (Wildman–Crippen MR) is 89.0 cm³/mol. The van der Waals surface area contributed by atoms with Crippen molar-refractivity contribution in [3.05, 3.63) is 40.7 Å². The van der Waals surface area contributed by atoms with Gasteiger partial charge in [-0.3, -0.25) is 9.59 Å². The van der Waals surface area contributed by atoms with E-state index in [0.717, 1.165) is 11.4 Å². The lowest BCUT2D eigenvalue weighted by atomic mass is 10.2. The van der Waals surface area contributed by atoms with Gasteiger partial charge in [0.25, 0.3) is 5.91 Å². The van der Waals surface area contributed by atoms with Crippen molar-refractivity contribution in [1.82, 2.24) is 20.8 Å². The van der Waals surface area contributed by atoms with Gasteiger partial charge in [-0.1, -0.05) is 23.5 Å². The van der Waals surface area contributed by atoms with Gasteiger partial charge < -0.3 is 16.4 Å². The SMILES string of the molecule is Nc1nnc(CCCNC(=O)CCNC(=O)c2ccccc2F)s1. The van der Waals surface area contributed by atoms with E-state index >= 15 is 0 Å². The molecule has 7 nitrogen and oxygen atoms in total. The highest BCUT2D eigenvalue weighted by Gasteiger charge is 2.10. The van der Waals surface area contributed by atoms with E-state index in [1.807, 2.05) is 0 Å². The Balaban J connectivity index is 1.59. The van der Waals surface area contributed by atoms with Gasteiger partial charge in [0.2, 0.25) is 11.0 Å². The van der Waals surface area contributed by atoms with Gasteiger partial charge in [0.1, 0.15) is 10.8 Å². The van der Waals surface area contributed by atoms with Gasteiger partial charge in [0, 0.05) is 25.9 Å². The zero-order valence-corrected chi connectivity index (χ0v) is 13.7. The van der Waals surface area contributed by atoms with Crippen LogP contribution in [0.25, 0.3) is 0 Å². The Bertz CT molecular complexity index is 707. The number of halogens is 1. The topological polar surface area (TPSA) is 110 Å². The maximum atomic E-state index is 13.4. The van der Waals surface area contributed by atoms with Gasteiger partial charge >= 0.3 is 0 Å². The lowest BCUT2D eigenvalue weighted by Gasteiger charge is -2.07. The molecule has 0 saturated carbocycles. The highest BCUT2D eigenvalue weighted by Crippen LogP contribution is 2.12. The molecule has 2 aromatic rings. The number of nitrogens with zero attached hydrogens (tertiary/aromatic N) is 2. The predicted octanol–water partition coefficient (Wildman–Crippen LogP) is 1.13. The maximum Gasteiger partial charge on any atom is 0.254 e. The molecule has 1 aromatic heterocycles. The van der Waals surface area contributed by atoms with Crippen molar-refractivity contribution in [1.29, 1.82) is 0 Å². The minimum Gasteiger partial charge on any atom is -0.374 e. The number of carbonyl (C=O) groups excluding carboxylic acids is 2. The summed E-state index contributed by atoms with van der Waals surface area (Å²) < 4.78 is 13.4. The first-order valence-corrected chi connectivity index (χ1v) is 8.25. The second-order valence-corrected chi connectivity index (χ2v) is 6.07. The number of nitrogens with two attached hydrogens (primary N) is 1. The molecule has 0 saturated heterocycles. The van der Waals surface area contributed by atoms with Gasteiger partial charge in [-0.15, -0.1) is 10.2 Å². The van der Waals surface area contributed by atoms with Crippen molar-refractivity contribution >= 4 is 28.3 Å². The Morgan fingerprint density at radius 1 is 1.17 bits per heavy atom. The van der Waals surface area contributed by atoms with Crippen LogP contribution in [0.2, 0.25) is 0 Å². The third kappa shape index (κ3) is 5.58. The molecular formula is C15H18FN5O2S. The number of hydrogen-bond donors (Lipinski definition) is 3. The fourth-order valence-corrected chi connectivity index (χ4v) is 2.60. The Morgan fingerprint density at radius 3 is 2.67 bits per heavy atom. The van der Waals surface area contributed by atoms with Crippen molar-refractivity contribution in [2.24, 2.45) is 0 Å². The molecule has 0 aliphatic heterocycles. The highest BCUT2D eigenvalue weighted by atomic mass is 32.1. The third-order valence-electron chi connectivity index (χ3n) is 3.13. The van der Waals surface area contributed by atoms with E-state index in [4.69, 9.17) is 5.73 Å². The lowest BCUT2D eigenvalue weighted by Crippen LogP contribution is -2.31. The molecule has 0 unspecified atom stereocenters. The summed E-state index contributed by atoms with van der Waals surface area (Å²) in [5.41, 5.74) is 5.45. The summed E-state index contributed by atoms with van der Waals surface area (Å²) in [7, 11) is 0. The van der Waals surface area contributed by atoms with E-state index < -0.39 is 11.7 Å². The number of nitrogens with one attached hydrogen (secondary N) is 2. The van der Waals surface area contributed by atoms with Crippen LogP contribution in [0.5, 0.6) is 0 Å². The van der Waals surface area contributed by atoms with Gasteiger partial charge in [0.05, 0.1) is 5.56 Å². The van der Waals surface area contributed by atoms with E-state index in [9.17, 15) is 14.0 Å². The number of hydrogen-bond acceptors (Lipinski definition) is 6. The summed E-state index contributed by atoms with van der Waals surface area (Å²) in [5.74, 6) is -1.30. The molecule has 1 heterocycles. The Labute approximate surface area is 142 Å². The van der Waals surface area contributed by atoms with Crippen LogP contribution in [0.3, 0.4) is 0 Å². The molecule has 0 aliphatic rings. The fourth-order valence-electron chi connectivity index (χ4n) is 1.95. The number of anilines is 1. The first-order chi connectivity index (χ1) is 11.6. The minimum atomic E-state index is -0.586. The van der Waals surface area contributed by atoms with E-state index in [2.05, 4.69) is 20.8 Å². The van der Waals surface area contributed by atoms with E-state index in [0.29, 0.717) is 18.1 Å². The number of rotatable bonds is 8. The molecule has 0 aliphatic carbocycles. The molecule has 0 spiro atoms. The van der Waals surface area contributed by atoms with Crippen LogP contribution < -0.4 is 16.4 Å². The van der Waals surface area contributed by atoms with Crippen molar-refractivity contribution in [3.63, 3.8) is 0 Å². The van der Waals surface area contributed by atoms with Crippen LogP contribution in [0.4, 0.5) is 9.52 Å². The summed E-state index contributed by atoms with van der Waals surface area (Å²) >= 11 is 1.33. The quantitative estimate of drug-likeness (QED) is 0.618. The average Bonchev–Trinajstić information content (AvgIpc) is 2.97. The normalized spacial score (nSPS) is 10.4. The van der Waals surface area contributed by atoms with Crippen molar-refractivity contribution in [3.8, 4) is 0 Å². The number of carbonyl (C=O) groups is 2. The number of aryl methyl sites for hydroxylation is 1. The fraction of sp³-hybridized carbons (Fsp3) is 0.333. The van der Waals surface area contributed by atoms with Crippen LogP contribution >= 0.6 is 11.3 Å². The number of nitrogen functional groups attached to an aromatic ring is 1. The van der Waals surface area contributed by atoms with Crippen molar-refractivity contribution < 1.29 is 14.0 Å². The van der Waals surface area contributed by atoms with Crippen LogP contribution in [-0.2, 0) is 11.2 Å². The molecular weight excluding hydrogens is 333 g/mol. The largest absolute Gasteiger partial charge is 0.374 e. The summed E-state index contributed by atoms with van der Waals surface area (Å²) in [6.07, 6.45) is 1.55. The summed E-state index contributed by atoms with van der Waals surface area (Å²) in [6.45, 7) is 0.644. The van der Waals surface area contributed by atoms with Crippen molar-refractivity contribution in [2.45, 2.75) is 19.3 Å². The average molecular weight is 351 g/mol. The zero-order chi connectivity index (χ0) is 17.4. The van der Waals surface area contributed by atoms with Crippen LogP contribution in [-0.4, -0.2) is 35.1 Å². The molecule has 4 N–H and O–H groups in total. The molecule has 128 valence electrons. The van der Waals surface area contributed by atoms with E-state index in [-0.39, 0.29) is 24.4 Å². The molecule has 9 heteroatoms. The maximum absolute atomic E-state index is 13.4. The Hall–Kier alpha value is -2.55. The standard InChI is InChI=1S/C15H18FN5O2S/c16-11-5-2-1-4-10(11)14(23)19-9-7-12(22)18-8-3-6-13-20-21-15(17)24-13/h1-2,4-5H,3,6-9H2,(H2,17,21)(H,18,22)(H,19,23). The van der Waals surface area contributed by atoms with E-state index in [1.54, 1.807) is 6.07 Å². The Morgan fingerprint density at radius 2 is 1.96 bits per heavy atom. The summed E-state index contributed by atoms with van der Waals surface area (Å²) in [4.78, 5) is 23.4. The molecule has 24 heavy (non-hydrogen) atoms. The minimum absolute atomic E-state index is 0.0331. The van der Waals surface area contributed by atoms with Gasteiger partial charge in [-0.25, -0.2) is 4.39 Å². The second-order valence-electron chi connectivity index (χ2n) is 4.97. The van der Waals surface area contributed by atoms with Gasteiger partial charge in [-0.2, -0.15) is 0 Å². The molecule has 0 fully saturated rings. The van der Waals surface area contributed by atoms with Crippen LogP contribution in [0.1, 0.15) is 28.2 Å². The second kappa shape index (κ2) is 8.92. The van der Waals surface area contributed by atoms with Crippen molar-refractivity contribution in [2.75, 3.05) is 18.8 Å². The molecule has 0 radical (unpaired) electrons. The third-order valence-corrected chi connectivity index (χ3v) is 3.94. The number of aromatic nitrogens is 2. The molecule has 2 amide bonds. The van der Waals surface area contributed by atoms with Gasteiger partial charge in [0.15, 0.2) is 0 Å². The van der Waals surface area contributed by atoms with Crippen LogP contribution in [0.15, 0.2) is 24.3 Å². The monoisotopic (exact) mass is 351 g/mol. The first kappa shape index (κ1) is 17.8. The first-order valence-electron chi connectivity index (χ1n) is 7.43. The number of amides is 2. The smallest absolute Gasteiger partial charge is 0.254 e. The Kier molecular flexibility index (Phi) is 6.62. The molecule has 2 rings (SSSR count). The van der Waals surface area contributed by atoms with Crippen LogP contribution in [0, 0.1) is 5.82 Å². The summed E-state index contributed by atoms with van der Waals surface area (Å²) in [5, 5.41) is 14.1. The number of benzene rings is 1. The molecule has 0 bridgehead atoms. The molecule has 0 atom stereocenters.